The first-order valence-electron chi connectivity index (χ1n) is 9.42. The Balaban J connectivity index is 1.93. The molecule has 1 amide bonds. The normalized spacial score (nSPS) is 11.3. The summed E-state index contributed by atoms with van der Waals surface area (Å²) in [6, 6.07) is 17.3. The molecule has 0 radical (unpaired) electrons. The molecule has 1 heterocycles. The number of hydrogen-bond acceptors (Lipinski definition) is 5. The van der Waals surface area contributed by atoms with Crippen molar-refractivity contribution in [1.82, 2.24) is 9.55 Å². The third-order valence-corrected chi connectivity index (χ3v) is 4.43. The second-order valence-corrected chi connectivity index (χ2v) is 6.46. The molecule has 3 rings (SSSR count). The van der Waals surface area contributed by atoms with Crippen LogP contribution in [0.3, 0.4) is 0 Å². The van der Waals surface area contributed by atoms with Crippen LogP contribution in [-0.4, -0.2) is 35.3 Å². The first-order valence-corrected chi connectivity index (χ1v) is 9.42. The van der Waals surface area contributed by atoms with Gasteiger partial charge in [-0.1, -0.05) is 43.8 Å². The van der Waals surface area contributed by atoms with E-state index in [1.807, 2.05) is 59.2 Å². The third-order valence-electron chi connectivity index (χ3n) is 4.43. The molecule has 0 saturated heterocycles. The van der Waals surface area contributed by atoms with Crippen molar-refractivity contribution in [3.05, 3.63) is 66.9 Å². The number of carbonyl (C=O) groups excluding carboxylic acids is 1. The summed E-state index contributed by atoms with van der Waals surface area (Å²) >= 11 is 0. The van der Waals surface area contributed by atoms with Gasteiger partial charge in [-0.25, -0.2) is 4.98 Å². The van der Waals surface area contributed by atoms with E-state index in [-0.39, 0.29) is 11.5 Å². The van der Waals surface area contributed by atoms with Gasteiger partial charge in [0.1, 0.15) is 5.76 Å². The number of hydrazone groups is 1. The number of para-hydroxylation sites is 3. The minimum atomic E-state index is -0.438. The molecule has 7 nitrogen and oxygen atoms in total. The standard InChI is InChI=1S/C22H25N5O2/c1-5-15-27-19-14-10-9-13-18(19)23-22(27)24-21(28)20(16(2)29-4)25-26(3)17-11-7-6-8-12-17/h6-14H,2,5,15H2,1,3-4H3,(H,23,24,28)/b25-20+. The van der Waals surface area contributed by atoms with Gasteiger partial charge in [0.25, 0.3) is 5.91 Å². The smallest absolute Gasteiger partial charge is 0.282 e. The summed E-state index contributed by atoms with van der Waals surface area (Å²) in [5.74, 6) is 0.202. The molecule has 0 fully saturated rings. The Morgan fingerprint density at radius 2 is 1.90 bits per heavy atom. The molecule has 2 aromatic carbocycles. The van der Waals surface area contributed by atoms with Gasteiger partial charge in [0, 0.05) is 13.6 Å². The molecule has 0 atom stereocenters. The highest BCUT2D eigenvalue weighted by atomic mass is 16.5. The molecular formula is C22H25N5O2. The number of nitrogens with one attached hydrogen (secondary N) is 1. The van der Waals surface area contributed by atoms with Crippen LogP contribution in [0.2, 0.25) is 0 Å². The van der Waals surface area contributed by atoms with Crippen molar-refractivity contribution in [2.24, 2.45) is 5.10 Å². The van der Waals surface area contributed by atoms with Crippen molar-refractivity contribution >= 4 is 34.3 Å². The Labute approximate surface area is 170 Å². The summed E-state index contributed by atoms with van der Waals surface area (Å²) in [4.78, 5) is 17.6. The number of amides is 1. The Hall–Kier alpha value is -3.61. The number of hydrogen-bond donors (Lipinski definition) is 1. The fraction of sp³-hybridized carbons (Fsp3) is 0.227. The lowest BCUT2D eigenvalue weighted by atomic mass is 10.3. The Kier molecular flexibility index (Phi) is 6.29. The van der Waals surface area contributed by atoms with Gasteiger partial charge in [-0.15, -0.1) is 0 Å². The Morgan fingerprint density at radius 3 is 2.59 bits per heavy atom. The van der Waals surface area contributed by atoms with Gasteiger partial charge in [0.05, 0.1) is 23.8 Å². The molecule has 0 aliphatic rings. The number of aryl methyl sites for hydroxylation is 1. The van der Waals surface area contributed by atoms with Crippen LogP contribution in [-0.2, 0) is 16.1 Å². The molecule has 0 saturated carbocycles. The number of aromatic nitrogens is 2. The molecule has 0 aliphatic carbocycles. The fourth-order valence-corrected chi connectivity index (χ4v) is 2.96. The van der Waals surface area contributed by atoms with E-state index in [1.54, 1.807) is 12.1 Å². The monoisotopic (exact) mass is 391 g/mol. The van der Waals surface area contributed by atoms with Crippen LogP contribution in [0, 0.1) is 0 Å². The summed E-state index contributed by atoms with van der Waals surface area (Å²) in [7, 11) is 3.22. The van der Waals surface area contributed by atoms with Gasteiger partial charge in [-0.05, 0) is 30.7 Å². The first kappa shape index (κ1) is 20.1. The average molecular weight is 391 g/mol. The van der Waals surface area contributed by atoms with Crippen LogP contribution in [0.15, 0.2) is 72.0 Å². The molecule has 0 aliphatic heterocycles. The minimum absolute atomic E-state index is 0.0777. The number of ether oxygens (including phenoxy) is 1. The highest BCUT2D eigenvalue weighted by Gasteiger charge is 2.21. The van der Waals surface area contributed by atoms with Crippen LogP contribution >= 0.6 is 0 Å². The van der Waals surface area contributed by atoms with E-state index in [4.69, 9.17) is 4.74 Å². The van der Waals surface area contributed by atoms with E-state index in [1.165, 1.54) is 7.11 Å². The number of rotatable bonds is 8. The molecule has 29 heavy (non-hydrogen) atoms. The van der Waals surface area contributed by atoms with E-state index in [0.717, 1.165) is 29.7 Å². The quantitative estimate of drug-likeness (QED) is 0.357. The maximum absolute atomic E-state index is 13.1. The predicted molar refractivity (Wildman–Crippen MR) is 117 cm³/mol. The number of anilines is 2. The SMILES string of the molecule is C=C(OC)/C(=N\N(C)c1ccccc1)C(=O)Nc1nc2ccccc2n1CCC. The number of carbonyl (C=O) groups is 1. The lowest BCUT2D eigenvalue weighted by Crippen LogP contribution is -2.29. The lowest BCUT2D eigenvalue weighted by molar-refractivity contribution is -0.110. The van der Waals surface area contributed by atoms with Gasteiger partial charge in [0.2, 0.25) is 5.95 Å². The zero-order valence-electron chi connectivity index (χ0n) is 16.9. The maximum atomic E-state index is 13.1. The summed E-state index contributed by atoms with van der Waals surface area (Å²) < 4.78 is 7.19. The van der Waals surface area contributed by atoms with Gasteiger partial charge in [0.15, 0.2) is 5.71 Å². The summed E-state index contributed by atoms with van der Waals surface area (Å²) in [6.45, 7) is 6.63. The number of fused-ring (bicyclic) bond motifs is 1. The van der Waals surface area contributed by atoms with Crippen LogP contribution in [0.4, 0.5) is 11.6 Å². The van der Waals surface area contributed by atoms with Crippen LogP contribution < -0.4 is 10.3 Å². The molecule has 150 valence electrons. The predicted octanol–water partition coefficient (Wildman–Crippen LogP) is 4.04. The minimum Gasteiger partial charge on any atom is -0.495 e. The summed E-state index contributed by atoms with van der Waals surface area (Å²) in [5.41, 5.74) is 2.70. The van der Waals surface area contributed by atoms with Crippen molar-refractivity contribution in [3.63, 3.8) is 0 Å². The van der Waals surface area contributed by atoms with Gasteiger partial charge >= 0.3 is 0 Å². The number of imidazole rings is 1. The second kappa shape index (κ2) is 9.05. The zero-order valence-corrected chi connectivity index (χ0v) is 16.9. The van der Waals surface area contributed by atoms with Crippen molar-refractivity contribution in [3.8, 4) is 0 Å². The molecular weight excluding hydrogens is 366 g/mol. The molecule has 0 spiro atoms. The average Bonchev–Trinajstić information content (AvgIpc) is 3.09. The Morgan fingerprint density at radius 1 is 1.21 bits per heavy atom. The number of nitrogens with zero attached hydrogens (tertiary/aromatic N) is 4. The molecule has 0 unspecified atom stereocenters. The van der Waals surface area contributed by atoms with Crippen LogP contribution in [0.5, 0.6) is 0 Å². The summed E-state index contributed by atoms with van der Waals surface area (Å²) in [6.07, 6.45) is 0.908. The van der Waals surface area contributed by atoms with Gasteiger partial charge in [-0.3, -0.25) is 15.1 Å². The van der Waals surface area contributed by atoms with E-state index in [2.05, 4.69) is 28.9 Å². The largest absolute Gasteiger partial charge is 0.495 e. The molecule has 1 N–H and O–H groups in total. The first-order chi connectivity index (χ1) is 14.0. The second-order valence-electron chi connectivity index (χ2n) is 6.46. The molecule has 7 heteroatoms. The zero-order chi connectivity index (χ0) is 20.8. The molecule has 0 bridgehead atoms. The summed E-state index contributed by atoms with van der Waals surface area (Å²) in [5, 5.41) is 8.90. The number of benzene rings is 2. The maximum Gasteiger partial charge on any atom is 0.282 e. The Bertz CT molecular complexity index is 1040. The van der Waals surface area contributed by atoms with E-state index in [9.17, 15) is 4.79 Å². The number of methoxy groups -OCH3 is 1. The van der Waals surface area contributed by atoms with E-state index >= 15 is 0 Å². The third kappa shape index (κ3) is 4.45. The van der Waals surface area contributed by atoms with E-state index in [0.29, 0.717) is 5.95 Å². The topological polar surface area (TPSA) is 71.8 Å². The van der Waals surface area contributed by atoms with Crippen LogP contribution in [0.25, 0.3) is 11.0 Å². The fourth-order valence-electron chi connectivity index (χ4n) is 2.96. The van der Waals surface area contributed by atoms with Crippen molar-refractivity contribution in [2.75, 3.05) is 24.5 Å². The highest BCUT2D eigenvalue weighted by Crippen LogP contribution is 2.20. The highest BCUT2D eigenvalue weighted by molar-refractivity contribution is 6.48. The van der Waals surface area contributed by atoms with E-state index < -0.39 is 5.91 Å². The molecule has 1 aromatic heterocycles. The van der Waals surface area contributed by atoms with Crippen molar-refractivity contribution < 1.29 is 9.53 Å². The molecule has 3 aromatic rings. The van der Waals surface area contributed by atoms with Gasteiger partial charge < -0.3 is 9.30 Å². The van der Waals surface area contributed by atoms with Crippen molar-refractivity contribution in [2.45, 2.75) is 19.9 Å². The van der Waals surface area contributed by atoms with Gasteiger partial charge in [-0.2, -0.15) is 5.10 Å². The van der Waals surface area contributed by atoms with Crippen LogP contribution in [0.1, 0.15) is 13.3 Å². The van der Waals surface area contributed by atoms with Crippen molar-refractivity contribution in [1.29, 1.82) is 0 Å². The lowest BCUT2D eigenvalue weighted by Gasteiger charge is -2.16.